The second-order valence-corrected chi connectivity index (χ2v) is 3.61. The summed E-state index contributed by atoms with van der Waals surface area (Å²) in [6.07, 6.45) is 4.54. The number of hydrogen-bond donors (Lipinski definition) is 1. The molecule has 0 aliphatic carbocycles. The molecule has 102 valence electrons. The lowest BCUT2D eigenvalue weighted by Crippen LogP contribution is -1.75. The van der Waals surface area contributed by atoms with Crippen molar-refractivity contribution in [3.8, 4) is 0 Å². The van der Waals surface area contributed by atoms with Crippen LogP contribution >= 0.6 is 0 Å². The lowest BCUT2D eigenvalue weighted by atomic mass is 10.2. The van der Waals surface area contributed by atoms with E-state index in [9.17, 15) is 0 Å². The van der Waals surface area contributed by atoms with E-state index in [4.69, 9.17) is 5.73 Å². The van der Waals surface area contributed by atoms with E-state index < -0.39 is 0 Å². The van der Waals surface area contributed by atoms with E-state index in [2.05, 4.69) is 31.2 Å². The van der Waals surface area contributed by atoms with Gasteiger partial charge < -0.3 is 5.73 Å². The Morgan fingerprint density at radius 2 is 1.32 bits per heavy atom. The molecular formula is C18H25N. The number of rotatable bonds is 2. The fourth-order valence-corrected chi connectivity index (χ4v) is 1.39. The van der Waals surface area contributed by atoms with Gasteiger partial charge in [0.1, 0.15) is 0 Å². The van der Waals surface area contributed by atoms with Gasteiger partial charge in [0.2, 0.25) is 0 Å². The normalized spacial score (nSPS) is 9.00. The van der Waals surface area contributed by atoms with E-state index in [0.29, 0.717) is 0 Å². The minimum absolute atomic E-state index is 1.14. The number of aryl methyl sites for hydroxylation is 1. The highest BCUT2D eigenvalue weighted by molar-refractivity contribution is 5.47. The van der Waals surface area contributed by atoms with Crippen molar-refractivity contribution in [2.24, 2.45) is 5.73 Å². The maximum absolute atomic E-state index is 5.18. The predicted molar refractivity (Wildman–Crippen MR) is 86.8 cm³/mol. The average Bonchev–Trinajstić information content (AvgIpc) is 2.52. The highest BCUT2D eigenvalue weighted by Crippen LogP contribution is 1.98. The van der Waals surface area contributed by atoms with Crippen LogP contribution in [0.1, 0.15) is 31.9 Å². The second-order valence-electron chi connectivity index (χ2n) is 3.61. The van der Waals surface area contributed by atoms with Gasteiger partial charge in [-0.05, 0) is 29.8 Å². The summed E-state index contributed by atoms with van der Waals surface area (Å²) in [7, 11) is 0. The molecule has 0 amide bonds. The Hall–Kier alpha value is -2.02. The molecule has 2 N–H and O–H groups in total. The van der Waals surface area contributed by atoms with Crippen LogP contribution in [0.15, 0.2) is 66.9 Å². The summed E-state index contributed by atoms with van der Waals surface area (Å²) in [6.45, 7) is 6.16. The van der Waals surface area contributed by atoms with E-state index >= 15 is 0 Å². The lowest BCUT2D eigenvalue weighted by Gasteiger charge is -1.89. The largest absolute Gasteiger partial charge is 0.405 e. The fraction of sp³-hybridized carbons (Fsp3) is 0.222. The van der Waals surface area contributed by atoms with E-state index in [0.717, 1.165) is 12.0 Å². The first-order valence-corrected chi connectivity index (χ1v) is 6.84. The van der Waals surface area contributed by atoms with Crippen LogP contribution in [-0.4, -0.2) is 0 Å². The molecule has 0 fully saturated rings. The molecule has 0 bridgehead atoms. The van der Waals surface area contributed by atoms with Crippen LogP contribution in [0.5, 0.6) is 0 Å². The summed E-state index contributed by atoms with van der Waals surface area (Å²) < 4.78 is 0. The van der Waals surface area contributed by atoms with Crippen LogP contribution in [0.25, 0.3) is 6.08 Å². The minimum Gasteiger partial charge on any atom is -0.405 e. The molecule has 0 radical (unpaired) electrons. The molecular weight excluding hydrogens is 230 g/mol. The van der Waals surface area contributed by atoms with E-state index in [1.54, 1.807) is 0 Å². The van der Waals surface area contributed by atoms with Gasteiger partial charge in [-0.3, -0.25) is 0 Å². The molecule has 0 saturated carbocycles. The zero-order valence-electron chi connectivity index (χ0n) is 12.2. The molecule has 1 heteroatoms. The number of hydrogen-bond acceptors (Lipinski definition) is 1. The topological polar surface area (TPSA) is 26.0 Å². The summed E-state index contributed by atoms with van der Waals surface area (Å²) in [6, 6.07) is 20.4. The number of benzene rings is 2. The molecule has 0 atom stereocenters. The molecule has 19 heavy (non-hydrogen) atoms. The average molecular weight is 255 g/mol. The molecule has 0 aromatic heterocycles. The summed E-state index contributed by atoms with van der Waals surface area (Å²) in [4.78, 5) is 0. The Bertz CT molecular complexity index is 418. The molecule has 1 nitrogen and oxygen atoms in total. The zero-order chi connectivity index (χ0) is 14.3. The van der Waals surface area contributed by atoms with Gasteiger partial charge in [0, 0.05) is 0 Å². The van der Waals surface area contributed by atoms with Crippen LogP contribution in [-0.2, 0) is 6.42 Å². The standard InChI is InChI=1S/C8H9N.C8H10.C2H6/c9-7-6-8-4-2-1-3-5-8;1-2-8-6-4-3-5-7-8;1-2/h1-7H,9H2;3-7H,2H2,1H3;1-2H3/b7-6+;;. The third-order valence-corrected chi connectivity index (χ3v) is 2.34. The second kappa shape index (κ2) is 12.4. The molecule has 0 aliphatic rings. The van der Waals surface area contributed by atoms with Gasteiger partial charge >= 0.3 is 0 Å². The van der Waals surface area contributed by atoms with E-state index in [1.165, 1.54) is 11.8 Å². The Labute approximate surface area is 117 Å². The van der Waals surface area contributed by atoms with Crippen molar-refractivity contribution in [2.75, 3.05) is 0 Å². The quantitative estimate of drug-likeness (QED) is 0.812. The smallest absolute Gasteiger partial charge is 0.00564 e. The van der Waals surface area contributed by atoms with Crippen LogP contribution < -0.4 is 5.73 Å². The van der Waals surface area contributed by atoms with Crippen molar-refractivity contribution in [1.82, 2.24) is 0 Å². The van der Waals surface area contributed by atoms with E-state index in [1.807, 2.05) is 56.3 Å². The summed E-state index contributed by atoms with van der Waals surface area (Å²) in [5.74, 6) is 0. The zero-order valence-corrected chi connectivity index (χ0v) is 12.2. The SMILES string of the molecule is CC.CCc1ccccc1.N/C=C/c1ccccc1. The van der Waals surface area contributed by atoms with Crippen molar-refractivity contribution >= 4 is 6.08 Å². The predicted octanol–water partition coefficient (Wildman–Crippen LogP) is 4.89. The molecule has 2 aromatic carbocycles. The van der Waals surface area contributed by atoms with Crippen molar-refractivity contribution in [1.29, 1.82) is 0 Å². The van der Waals surface area contributed by atoms with Crippen LogP contribution in [0.2, 0.25) is 0 Å². The maximum Gasteiger partial charge on any atom is -0.00564 e. The minimum atomic E-state index is 1.14. The molecule has 0 heterocycles. The van der Waals surface area contributed by atoms with Crippen LogP contribution in [0.3, 0.4) is 0 Å². The molecule has 2 rings (SSSR count). The first-order valence-electron chi connectivity index (χ1n) is 6.84. The van der Waals surface area contributed by atoms with Gasteiger partial charge in [0.05, 0.1) is 0 Å². The summed E-state index contributed by atoms with van der Waals surface area (Å²) in [5.41, 5.74) is 7.73. The highest BCUT2D eigenvalue weighted by atomic mass is 14.5. The Balaban J connectivity index is 0.000000303. The van der Waals surface area contributed by atoms with Crippen molar-refractivity contribution < 1.29 is 0 Å². The molecule has 0 aliphatic heterocycles. The van der Waals surface area contributed by atoms with Gasteiger partial charge in [0.25, 0.3) is 0 Å². The lowest BCUT2D eigenvalue weighted by molar-refractivity contribution is 1.14. The third kappa shape index (κ3) is 8.67. The fourth-order valence-electron chi connectivity index (χ4n) is 1.39. The molecule has 0 spiro atoms. The Kier molecular flexibility index (Phi) is 11.1. The summed E-state index contributed by atoms with van der Waals surface area (Å²) in [5, 5.41) is 0. The Morgan fingerprint density at radius 3 is 1.68 bits per heavy atom. The van der Waals surface area contributed by atoms with Gasteiger partial charge in [-0.1, -0.05) is 81.4 Å². The monoisotopic (exact) mass is 255 g/mol. The van der Waals surface area contributed by atoms with Crippen molar-refractivity contribution in [3.63, 3.8) is 0 Å². The molecule has 0 unspecified atom stereocenters. The number of nitrogens with two attached hydrogens (primary N) is 1. The van der Waals surface area contributed by atoms with Gasteiger partial charge in [-0.25, -0.2) is 0 Å². The highest BCUT2D eigenvalue weighted by Gasteiger charge is 1.80. The first-order chi connectivity index (χ1) is 9.36. The Morgan fingerprint density at radius 1 is 0.842 bits per heavy atom. The van der Waals surface area contributed by atoms with Gasteiger partial charge in [-0.15, -0.1) is 0 Å². The van der Waals surface area contributed by atoms with E-state index in [-0.39, 0.29) is 0 Å². The van der Waals surface area contributed by atoms with Gasteiger partial charge in [0.15, 0.2) is 0 Å². The summed E-state index contributed by atoms with van der Waals surface area (Å²) >= 11 is 0. The van der Waals surface area contributed by atoms with Crippen molar-refractivity contribution in [2.45, 2.75) is 27.2 Å². The maximum atomic E-state index is 5.18. The van der Waals surface area contributed by atoms with Crippen LogP contribution in [0.4, 0.5) is 0 Å². The molecule has 2 aromatic rings. The molecule has 0 saturated heterocycles. The van der Waals surface area contributed by atoms with Crippen molar-refractivity contribution in [3.05, 3.63) is 78.0 Å². The van der Waals surface area contributed by atoms with Crippen LogP contribution in [0, 0.1) is 0 Å². The first kappa shape index (κ1) is 17.0. The third-order valence-electron chi connectivity index (χ3n) is 2.34. The van der Waals surface area contributed by atoms with Gasteiger partial charge in [-0.2, -0.15) is 0 Å².